The second kappa shape index (κ2) is 7.03. The van der Waals surface area contributed by atoms with Crippen LogP contribution < -0.4 is 10.5 Å². The van der Waals surface area contributed by atoms with Crippen molar-refractivity contribution >= 4 is 22.8 Å². The van der Waals surface area contributed by atoms with Crippen LogP contribution in [0.1, 0.15) is 47.6 Å². The van der Waals surface area contributed by atoms with Gasteiger partial charge in [0.05, 0.1) is 18.1 Å². The highest BCUT2D eigenvalue weighted by molar-refractivity contribution is 5.97. The summed E-state index contributed by atoms with van der Waals surface area (Å²) in [4.78, 5) is 17.3. The smallest absolute Gasteiger partial charge is 0.343 e. The van der Waals surface area contributed by atoms with Crippen LogP contribution >= 0.6 is 0 Å². The lowest BCUT2D eigenvalue weighted by Gasteiger charge is -2.37. The van der Waals surface area contributed by atoms with Crippen LogP contribution in [-0.2, 0) is 10.3 Å². The van der Waals surface area contributed by atoms with E-state index in [9.17, 15) is 9.18 Å². The summed E-state index contributed by atoms with van der Waals surface area (Å²) in [5, 5.41) is 7.59. The van der Waals surface area contributed by atoms with Gasteiger partial charge in [-0.25, -0.2) is 18.8 Å². The molecule has 10 heteroatoms. The van der Waals surface area contributed by atoms with Crippen molar-refractivity contribution in [2.45, 2.75) is 37.3 Å². The Morgan fingerprint density at radius 3 is 2.76 bits per heavy atom. The molecule has 0 amide bonds. The molecule has 2 aromatic carbocycles. The Morgan fingerprint density at radius 1 is 1.21 bits per heavy atom. The van der Waals surface area contributed by atoms with E-state index in [0.717, 1.165) is 11.1 Å². The van der Waals surface area contributed by atoms with E-state index in [1.165, 1.54) is 12.1 Å². The lowest BCUT2D eigenvalue weighted by Crippen LogP contribution is -2.33. The van der Waals surface area contributed by atoms with Gasteiger partial charge in [-0.2, -0.15) is 0 Å². The second-order valence-corrected chi connectivity index (χ2v) is 8.43. The molecule has 2 aliphatic rings. The number of nitrogen functional groups attached to an aromatic ring is 1. The molecular formula is C23H20FN5O4. The number of carbonyl (C=O) groups excluding carboxylic acids is 1. The van der Waals surface area contributed by atoms with Crippen molar-refractivity contribution in [1.29, 1.82) is 0 Å². The molecule has 1 spiro atoms. The minimum atomic E-state index is -0.686. The number of benzene rings is 2. The number of carbonyl (C=O) groups is 1. The average Bonchev–Trinajstić information content (AvgIpc) is 3.48. The molecule has 168 valence electrons. The molecule has 4 aromatic rings. The van der Waals surface area contributed by atoms with Crippen molar-refractivity contribution < 1.29 is 23.3 Å². The standard InChI is InChI=1S/C23H20FN5O4/c1-31-17-4-2-3-14-18(17)22(30)32-23(14)9-7-13(8-10-23)29-16-6-5-12(24)11-15(16)26-21(29)19-20(25)28-33-27-19/h2-6,11,13H,7-10H2,1H3,(H2,25,28). The molecule has 0 saturated heterocycles. The topological polar surface area (TPSA) is 118 Å². The van der Waals surface area contributed by atoms with Crippen molar-refractivity contribution in [3.05, 3.63) is 53.3 Å². The Morgan fingerprint density at radius 2 is 2.03 bits per heavy atom. The lowest BCUT2D eigenvalue weighted by atomic mass is 9.77. The summed E-state index contributed by atoms with van der Waals surface area (Å²) in [5.74, 6) is 0.379. The van der Waals surface area contributed by atoms with E-state index >= 15 is 0 Å². The molecule has 1 aliphatic heterocycles. The van der Waals surface area contributed by atoms with Gasteiger partial charge in [-0.05, 0) is 54.2 Å². The number of nitrogens with two attached hydrogens (primary N) is 1. The number of aromatic nitrogens is 4. The quantitative estimate of drug-likeness (QED) is 0.466. The Balaban J connectivity index is 1.40. The normalized spacial score (nSPS) is 22.0. The van der Waals surface area contributed by atoms with Crippen molar-refractivity contribution in [3.8, 4) is 17.3 Å². The van der Waals surface area contributed by atoms with Crippen molar-refractivity contribution in [3.63, 3.8) is 0 Å². The van der Waals surface area contributed by atoms with Gasteiger partial charge in [-0.1, -0.05) is 12.1 Å². The zero-order valence-electron chi connectivity index (χ0n) is 17.7. The minimum absolute atomic E-state index is 0.00514. The first-order valence-corrected chi connectivity index (χ1v) is 10.7. The highest BCUT2D eigenvalue weighted by Crippen LogP contribution is 2.51. The lowest BCUT2D eigenvalue weighted by molar-refractivity contribution is -0.0344. The maximum atomic E-state index is 13.9. The van der Waals surface area contributed by atoms with Crippen LogP contribution in [0.2, 0.25) is 0 Å². The molecule has 2 aromatic heterocycles. The fourth-order valence-corrected chi connectivity index (χ4v) is 5.23. The first-order chi connectivity index (χ1) is 16.0. The number of halogens is 1. The number of methoxy groups -OCH3 is 1. The Kier molecular flexibility index (Phi) is 4.20. The number of hydrogen-bond acceptors (Lipinski definition) is 8. The van der Waals surface area contributed by atoms with E-state index in [1.54, 1.807) is 19.2 Å². The van der Waals surface area contributed by atoms with Crippen LogP contribution in [0.15, 0.2) is 41.0 Å². The molecule has 2 N–H and O–H groups in total. The molecule has 0 radical (unpaired) electrons. The van der Waals surface area contributed by atoms with Gasteiger partial charge < -0.3 is 19.8 Å². The van der Waals surface area contributed by atoms with Gasteiger partial charge >= 0.3 is 5.97 Å². The van der Waals surface area contributed by atoms with E-state index < -0.39 is 5.60 Å². The van der Waals surface area contributed by atoms with E-state index in [4.69, 9.17) is 19.8 Å². The van der Waals surface area contributed by atoms with Gasteiger partial charge in [0.15, 0.2) is 17.3 Å². The summed E-state index contributed by atoms with van der Waals surface area (Å²) >= 11 is 0. The number of imidazole rings is 1. The molecule has 0 bridgehead atoms. The third-order valence-corrected chi connectivity index (χ3v) is 6.73. The van der Waals surface area contributed by atoms with Crippen LogP contribution in [0.3, 0.4) is 0 Å². The highest BCUT2D eigenvalue weighted by atomic mass is 19.1. The van der Waals surface area contributed by atoms with Crippen LogP contribution in [0, 0.1) is 5.82 Å². The average molecular weight is 449 g/mol. The number of hydrogen-bond donors (Lipinski definition) is 1. The van der Waals surface area contributed by atoms with Gasteiger partial charge in [0, 0.05) is 17.7 Å². The van der Waals surface area contributed by atoms with Crippen molar-refractivity contribution in [1.82, 2.24) is 19.9 Å². The zero-order valence-corrected chi connectivity index (χ0v) is 17.7. The van der Waals surface area contributed by atoms with E-state index in [2.05, 4.69) is 15.3 Å². The summed E-state index contributed by atoms with van der Waals surface area (Å²) in [7, 11) is 1.55. The number of fused-ring (bicyclic) bond motifs is 3. The minimum Gasteiger partial charge on any atom is -0.496 e. The number of rotatable bonds is 3. The zero-order chi connectivity index (χ0) is 22.7. The van der Waals surface area contributed by atoms with Crippen molar-refractivity contribution in [2.24, 2.45) is 0 Å². The van der Waals surface area contributed by atoms with Gasteiger partial charge in [-0.15, -0.1) is 0 Å². The molecule has 1 aliphatic carbocycles. The van der Waals surface area contributed by atoms with Gasteiger partial charge in [-0.3, -0.25) is 0 Å². The fraction of sp³-hybridized carbons (Fsp3) is 0.304. The van der Waals surface area contributed by atoms with Crippen LogP contribution in [-0.4, -0.2) is 32.9 Å². The Hall–Kier alpha value is -3.95. The van der Waals surface area contributed by atoms with Crippen LogP contribution in [0.5, 0.6) is 5.75 Å². The number of ether oxygens (including phenoxy) is 2. The first-order valence-electron chi connectivity index (χ1n) is 10.7. The van der Waals surface area contributed by atoms with E-state index in [1.807, 2.05) is 16.7 Å². The monoisotopic (exact) mass is 449 g/mol. The first kappa shape index (κ1) is 19.7. The molecule has 9 nitrogen and oxygen atoms in total. The molecule has 33 heavy (non-hydrogen) atoms. The SMILES string of the molecule is COc1cccc2c1C(=O)OC21CCC(n2c(-c3nonc3N)nc3cc(F)ccc32)CC1. The summed E-state index contributed by atoms with van der Waals surface area (Å²) in [6.07, 6.45) is 2.64. The van der Waals surface area contributed by atoms with Crippen LogP contribution in [0.4, 0.5) is 10.2 Å². The number of esters is 1. The fourth-order valence-electron chi connectivity index (χ4n) is 5.23. The summed E-state index contributed by atoms with van der Waals surface area (Å²) in [6.45, 7) is 0. The highest BCUT2D eigenvalue weighted by Gasteiger charge is 2.49. The van der Waals surface area contributed by atoms with Gasteiger partial charge in [0.25, 0.3) is 0 Å². The second-order valence-electron chi connectivity index (χ2n) is 8.43. The van der Waals surface area contributed by atoms with Crippen LogP contribution in [0.25, 0.3) is 22.6 Å². The largest absolute Gasteiger partial charge is 0.496 e. The maximum absolute atomic E-state index is 13.9. The summed E-state index contributed by atoms with van der Waals surface area (Å²) in [5.41, 5.74) is 8.21. The third kappa shape index (κ3) is 2.83. The van der Waals surface area contributed by atoms with Crippen molar-refractivity contribution in [2.75, 3.05) is 12.8 Å². The molecule has 1 saturated carbocycles. The number of anilines is 1. The predicted molar refractivity (Wildman–Crippen MR) is 115 cm³/mol. The van der Waals surface area contributed by atoms with E-state index in [-0.39, 0.29) is 23.6 Å². The predicted octanol–water partition coefficient (Wildman–Crippen LogP) is 4.00. The summed E-state index contributed by atoms with van der Waals surface area (Å²) < 4.78 is 32.0. The molecular weight excluding hydrogens is 429 g/mol. The maximum Gasteiger partial charge on any atom is 0.343 e. The molecule has 0 atom stereocenters. The Labute approximate surface area is 187 Å². The van der Waals surface area contributed by atoms with Gasteiger partial charge in [0.1, 0.15) is 22.7 Å². The molecule has 3 heterocycles. The molecule has 6 rings (SSSR count). The Bertz CT molecular complexity index is 1400. The number of nitrogens with zero attached hydrogens (tertiary/aromatic N) is 4. The third-order valence-electron chi connectivity index (χ3n) is 6.73. The summed E-state index contributed by atoms with van der Waals surface area (Å²) in [6, 6.07) is 10.1. The van der Waals surface area contributed by atoms with Gasteiger partial charge in [0.2, 0.25) is 0 Å². The molecule has 0 unspecified atom stereocenters. The molecule has 1 fully saturated rings. The van der Waals surface area contributed by atoms with E-state index in [0.29, 0.717) is 54.0 Å².